The number of nitrogen functional groups attached to an aromatic ring is 1. The summed E-state index contributed by atoms with van der Waals surface area (Å²) in [4.78, 5) is 17.3. The van der Waals surface area contributed by atoms with E-state index in [0.717, 1.165) is 22.9 Å². The Morgan fingerprint density at radius 1 is 1.25 bits per heavy atom. The Morgan fingerprint density at radius 2 is 1.91 bits per heavy atom. The minimum absolute atomic E-state index is 0.175. The lowest BCUT2D eigenvalue weighted by molar-refractivity contribution is -0.114. The van der Waals surface area contributed by atoms with E-state index in [2.05, 4.69) is 26.2 Å². The molecule has 0 heterocycles. The average molecular weight is 522 g/mol. The van der Waals surface area contributed by atoms with Crippen molar-refractivity contribution in [1.82, 2.24) is 5.32 Å². The highest BCUT2D eigenvalue weighted by molar-refractivity contribution is 9.10. The molecule has 1 saturated carbocycles. The Kier molecular flexibility index (Phi) is 7.58. The molecule has 0 aromatic heterocycles. The van der Waals surface area contributed by atoms with Crippen molar-refractivity contribution in [3.8, 4) is 0 Å². The zero-order valence-electron chi connectivity index (χ0n) is 18.1. The number of halogens is 1. The van der Waals surface area contributed by atoms with E-state index < -0.39 is 10.0 Å². The average Bonchev–Trinajstić information content (AvgIpc) is 3.58. The third-order valence-corrected chi connectivity index (χ3v) is 6.92. The van der Waals surface area contributed by atoms with Gasteiger partial charge in [0.2, 0.25) is 10.0 Å². The molecule has 2 aromatic carbocycles. The molecule has 0 radical (unpaired) electrons. The lowest BCUT2D eigenvalue weighted by atomic mass is 9.98. The Morgan fingerprint density at radius 3 is 2.44 bits per heavy atom. The highest BCUT2D eigenvalue weighted by Gasteiger charge is 2.32. The third-order valence-electron chi connectivity index (χ3n) is 5.22. The molecule has 32 heavy (non-hydrogen) atoms. The van der Waals surface area contributed by atoms with Crippen LogP contribution >= 0.6 is 15.9 Å². The topological polar surface area (TPSA) is 131 Å². The predicted molar refractivity (Wildman–Crippen MR) is 133 cm³/mol. The van der Waals surface area contributed by atoms with Crippen LogP contribution in [0.25, 0.3) is 0 Å². The van der Waals surface area contributed by atoms with Crippen LogP contribution in [-0.2, 0) is 14.8 Å². The van der Waals surface area contributed by atoms with Crippen LogP contribution in [0.3, 0.4) is 0 Å². The van der Waals surface area contributed by atoms with Crippen molar-refractivity contribution >= 4 is 54.6 Å². The molecule has 0 saturated heterocycles. The van der Waals surface area contributed by atoms with Crippen molar-refractivity contribution in [2.24, 2.45) is 10.7 Å². The van der Waals surface area contributed by atoms with Gasteiger partial charge in [-0.15, -0.1) is 0 Å². The first kappa shape index (κ1) is 24.2. The second-order valence-electron chi connectivity index (χ2n) is 7.77. The van der Waals surface area contributed by atoms with Crippen LogP contribution in [0.5, 0.6) is 0 Å². The highest BCUT2D eigenvalue weighted by Crippen LogP contribution is 2.46. The molecule has 0 aliphatic heterocycles. The van der Waals surface area contributed by atoms with Crippen LogP contribution in [0.4, 0.5) is 17.1 Å². The SMILES string of the molecule is CNC(=O)C(=Nc1ccc(Br)cc1)c1cc(C2CC2)c(N(CCCN)S(C)(=O)=O)cc1N. The number of aliphatic imine (C=N–C) groups is 1. The van der Waals surface area contributed by atoms with Crippen LogP contribution < -0.4 is 21.1 Å². The van der Waals surface area contributed by atoms with Gasteiger partial charge in [0.25, 0.3) is 5.91 Å². The summed E-state index contributed by atoms with van der Waals surface area (Å²) in [6.45, 7) is 0.641. The Bertz CT molecular complexity index is 1130. The first-order valence-electron chi connectivity index (χ1n) is 10.3. The van der Waals surface area contributed by atoms with E-state index in [9.17, 15) is 13.2 Å². The maximum atomic E-state index is 12.7. The quantitative estimate of drug-likeness (QED) is 0.344. The number of nitrogens with two attached hydrogens (primary N) is 2. The van der Waals surface area contributed by atoms with Gasteiger partial charge < -0.3 is 16.8 Å². The highest BCUT2D eigenvalue weighted by atomic mass is 79.9. The summed E-state index contributed by atoms with van der Waals surface area (Å²) >= 11 is 3.39. The fourth-order valence-corrected chi connectivity index (χ4v) is 4.70. The number of likely N-dealkylation sites (N-methyl/N-ethyl adjacent to an activating group) is 1. The second kappa shape index (κ2) is 10.0. The van der Waals surface area contributed by atoms with Gasteiger partial charge in [-0.2, -0.15) is 0 Å². The van der Waals surface area contributed by atoms with E-state index in [4.69, 9.17) is 11.5 Å². The minimum atomic E-state index is -3.53. The molecule has 0 atom stereocenters. The number of anilines is 2. The molecule has 1 fully saturated rings. The van der Waals surface area contributed by atoms with E-state index in [1.54, 1.807) is 18.2 Å². The summed E-state index contributed by atoms with van der Waals surface area (Å²) in [6, 6.07) is 10.7. The van der Waals surface area contributed by atoms with Crippen molar-refractivity contribution in [2.45, 2.75) is 25.2 Å². The van der Waals surface area contributed by atoms with E-state index in [-0.39, 0.29) is 29.8 Å². The summed E-state index contributed by atoms with van der Waals surface area (Å²) in [5, 5.41) is 2.62. The number of nitrogens with zero attached hydrogens (tertiary/aromatic N) is 2. The lowest BCUT2D eigenvalue weighted by Gasteiger charge is -2.26. The first-order chi connectivity index (χ1) is 15.2. The molecular weight excluding hydrogens is 494 g/mol. The molecule has 0 unspecified atom stereocenters. The number of hydrogen-bond donors (Lipinski definition) is 3. The maximum Gasteiger partial charge on any atom is 0.270 e. The number of hydrogen-bond acceptors (Lipinski definition) is 6. The Balaban J connectivity index is 2.16. The van der Waals surface area contributed by atoms with E-state index in [0.29, 0.717) is 29.9 Å². The molecule has 10 heteroatoms. The molecule has 5 N–H and O–H groups in total. The van der Waals surface area contributed by atoms with Crippen LogP contribution in [-0.4, -0.2) is 46.4 Å². The van der Waals surface area contributed by atoms with Gasteiger partial charge in [-0.3, -0.25) is 9.10 Å². The minimum Gasteiger partial charge on any atom is -0.398 e. The monoisotopic (exact) mass is 521 g/mol. The summed E-state index contributed by atoms with van der Waals surface area (Å²) in [7, 11) is -2.00. The van der Waals surface area contributed by atoms with Gasteiger partial charge >= 0.3 is 0 Å². The molecule has 172 valence electrons. The van der Waals surface area contributed by atoms with Crippen molar-refractivity contribution in [3.63, 3.8) is 0 Å². The summed E-state index contributed by atoms with van der Waals surface area (Å²) in [6.07, 6.45) is 3.59. The van der Waals surface area contributed by atoms with Crippen LogP contribution in [0.15, 0.2) is 45.9 Å². The van der Waals surface area contributed by atoms with Gasteiger partial charge in [0, 0.05) is 29.3 Å². The Hall–Kier alpha value is -2.43. The van der Waals surface area contributed by atoms with Gasteiger partial charge in [0.15, 0.2) is 0 Å². The molecule has 2 aromatic rings. The summed E-state index contributed by atoms with van der Waals surface area (Å²) in [5.74, 6) is -0.165. The van der Waals surface area contributed by atoms with E-state index in [1.807, 2.05) is 18.2 Å². The van der Waals surface area contributed by atoms with Crippen molar-refractivity contribution < 1.29 is 13.2 Å². The fourth-order valence-electron chi connectivity index (χ4n) is 3.46. The predicted octanol–water partition coefficient (Wildman–Crippen LogP) is 2.89. The lowest BCUT2D eigenvalue weighted by Crippen LogP contribution is -2.33. The molecule has 3 rings (SSSR count). The van der Waals surface area contributed by atoms with E-state index in [1.165, 1.54) is 17.6 Å². The van der Waals surface area contributed by atoms with Crippen molar-refractivity contribution in [2.75, 3.05) is 36.4 Å². The normalized spacial score (nSPS) is 14.3. The zero-order chi connectivity index (χ0) is 23.5. The number of benzene rings is 2. The molecule has 0 bridgehead atoms. The number of amides is 1. The van der Waals surface area contributed by atoms with Gasteiger partial charge in [-0.25, -0.2) is 13.4 Å². The second-order valence-corrected chi connectivity index (χ2v) is 10.6. The van der Waals surface area contributed by atoms with Crippen molar-refractivity contribution in [1.29, 1.82) is 0 Å². The number of rotatable bonds is 9. The first-order valence-corrected chi connectivity index (χ1v) is 13.0. The van der Waals surface area contributed by atoms with Crippen LogP contribution in [0.1, 0.15) is 36.3 Å². The zero-order valence-corrected chi connectivity index (χ0v) is 20.5. The molecular formula is C22H28BrN5O3S. The number of carbonyl (C=O) groups excluding carboxylic acids is 1. The largest absolute Gasteiger partial charge is 0.398 e. The van der Waals surface area contributed by atoms with Crippen molar-refractivity contribution in [3.05, 3.63) is 52.0 Å². The van der Waals surface area contributed by atoms with Gasteiger partial charge in [0.05, 0.1) is 17.6 Å². The van der Waals surface area contributed by atoms with Crippen LogP contribution in [0.2, 0.25) is 0 Å². The fraction of sp³-hybridized carbons (Fsp3) is 0.364. The van der Waals surface area contributed by atoms with Gasteiger partial charge in [-0.05, 0) is 73.7 Å². The Labute approximate surface area is 197 Å². The van der Waals surface area contributed by atoms with Gasteiger partial charge in [0.1, 0.15) is 5.71 Å². The summed E-state index contributed by atoms with van der Waals surface area (Å²) in [5.41, 5.74) is 14.9. The standard InChI is InChI=1S/C22H28BrN5O3S/c1-26-22(29)21(27-16-8-6-15(23)7-9-16)18-12-17(14-4-5-14)20(13-19(18)25)28(11-3-10-24)32(2,30)31/h6-9,12-14H,3-5,10-11,24-25H2,1-2H3,(H,26,29). The molecule has 1 amide bonds. The number of nitrogens with one attached hydrogen (secondary N) is 1. The van der Waals surface area contributed by atoms with Gasteiger partial charge in [-0.1, -0.05) is 15.9 Å². The number of sulfonamides is 1. The molecule has 8 nitrogen and oxygen atoms in total. The number of carbonyl (C=O) groups is 1. The summed E-state index contributed by atoms with van der Waals surface area (Å²) < 4.78 is 27.3. The third kappa shape index (κ3) is 5.67. The maximum absolute atomic E-state index is 12.7. The molecule has 1 aliphatic rings. The van der Waals surface area contributed by atoms with E-state index >= 15 is 0 Å². The smallest absolute Gasteiger partial charge is 0.270 e. The molecule has 0 spiro atoms. The van der Waals surface area contributed by atoms with Crippen LogP contribution in [0, 0.1) is 0 Å². The molecule has 1 aliphatic carbocycles.